The van der Waals surface area contributed by atoms with Gasteiger partial charge in [-0.1, -0.05) is 19.4 Å². The van der Waals surface area contributed by atoms with Crippen LogP contribution in [0.1, 0.15) is 54.0 Å². The number of rotatable bonds is 8. The maximum absolute atomic E-state index is 14.0. The second kappa shape index (κ2) is 9.57. The summed E-state index contributed by atoms with van der Waals surface area (Å²) in [7, 11) is 0. The standard InChI is InChI=1S/C23H25F5N4O2/c1-4-8-22(3,29)12-30-21(33)18-19(23(26,27)28)31-20-17(9-13(2)10-32(18)20)34-11-14-15(24)6-5-7-16(14)25/h5-7,9-10H,4,8,11-12,29H2,1-3H3,(H,30,33). The molecule has 2 heterocycles. The van der Waals surface area contributed by atoms with Crippen molar-refractivity contribution in [3.63, 3.8) is 0 Å². The van der Waals surface area contributed by atoms with Gasteiger partial charge >= 0.3 is 6.18 Å². The number of nitrogens with zero attached hydrogens (tertiary/aromatic N) is 2. The molecule has 1 amide bonds. The molecule has 0 aliphatic rings. The molecule has 11 heteroatoms. The number of aryl methyl sites for hydroxylation is 1. The molecular weight excluding hydrogens is 459 g/mol. The van der Waals surface area contributed by atoms with Gasteiger partial charge in [0.2, 0.25) is 0 Å². The lowest BCUT2D eigenvalue weighted by molar-refractivity contribution is -0.141. The van der Waals surface area contributed by atoms with Crippen LogP contribution >= 0.6 is 0 Å². The summed E-state index contributed by atoms with van der Waals surface area (Å²) >= 11 is 0. The van der Waals surface area contributed by atoms with Crippen molar-refractivity contribution in [2.75, 3.05) is 6.54 Å². The maximum atomic E-state index is 14.0. The highest BCUT2D eigenvalue weighted by Gasteiger charge is 2.41. The first-order valence-electron chi connectivity index (χ1n) is 10.6. The van der Waals surface area contributed by atoms with E-state index in [1.165, 1.54) is 18.3 Å². The third-order valence-corrected chi connectivity index (χ3v) is 5.21. The number of aromatic nitrogens is 2. The minimum Gasteiger partial charge on any atom is -0.485 e. The van der Waals surface area contributed by atoms with Gasteiger partial charge in [0.05, 0.1) is 5.56 Å². The molecule has 3 aromatic rings. The third-order valence-electron chi connectivity index (χ3n) is 5.21. The number of hydrogen-bond acceptors (Lipinski definition) is 4. The van der Waals surface area contributed by atoms with Gasteiger partial charge in [-0.15, -0.1) is 0 Å². The summed E-state index contributed by atoms with van der Waals surface area (Å²) < 4.78 is 75.8. The van der Waals surface area contributed by atoms with Crippen LogP contribution in [0.4, 0.5) is 22.0 Å². The van der Waals surface area contributed by atoms with E-state index in [1.54, 1.807) is 13.8 Å². The molecule has 0 bridgehead atoms. The first-order chi connectivity index (χ1) is 15.8. The Balaban J connectivity index is 2.04. The molecule has 34 heavy (non-hydrogen) atoms. The average molecular weight is 484 g/mol. The predicted octanol–water partition coefficient (Wildman–Crippen LogP) is 4.77. The zero-order chi connectivity index (χ0) is 25.3. The van der Waals surface area contributed by atoms with Gasteiger partial charge < -0.3 is 15.8 Å². The molecule has 0 aliphatic carbocycles. The number of carbonyl (C=O) groups is 1. The SMILES string of the molecule is CCCC(C)(N)CNC(=O)c1c(C(F)(F)F)nc2c(OCc3c(F)cccc3F)cc(C)cn12. The molecule has 0 saturated heterocycles. The molecule has 184 valence electrons. The quantitative estimate of drug-likeness (QED) is 0.452. The van der Waals surface area contributed by atoms with Crippen molar-refractivity contribution in [1.29, 1.82) is 0 Å². The third kappa shape index (κ3) is 5.46. The fraction of sp³-hybridized carbons (Fsp3) is 0.391. The molecule has 1 aromatic carbocycles. The second-order valence-electron chi connectivity index (χ2n) is 8.46. The summed E-state index contributed by atoms with van der Waals surface area (Å²) in [6, 6.07) is 4.64. The van der Waals surface area contributed by atoms with Crippen LogP contribution in [0.2, 0.25) is 0 Å². The molecule has 0 saturated carbocycles. The van der Waals surface area contributed by atoms with Crippen molar-refractivity contribution in [3.05, 3.63) is 64.6 Å². The number of benzene rings is 1. The highest BCUT2D eigenvalue weighted by molar-refractivity contribution is 5.95. The van der Waals surface area contributed by atoms with Crippen LogP contribution in [-0.2, 0) is 12.8 Å². The summed E-state index contributed by atoms with van der Waals surface area (Å²) in [4.78, 5) is 16.5. The van der Waals surface area contributed by atoms with Gasteiger partial charge in [0.1, 0.15) is 23.9 Å². The van der Waals surface area contributed by atoms with Crippen molar-refractivity contribution in [1.82, 2.24) is 14.7 Å². The largest absolute Gasteiger partial charge is 0.485 e. The van der Waals surface area contributed by atoms with Crippen LogP contribution in [0, 0.1) is 18.6 Å². The highest BCUT2D eigenvalue weighted by atomic mass is 19.4. The molecule has 1 atom stereocenters. The summed E-state index contributed by atoms with van der Waals surface area (Å²) in [5.74, 6) is -2.90. The lowest BCUT2D eigenvalue weighted by atomic mass is 9.97. The van der Waals surface area contributed by atoms with Crippen LogP contribution < -0.4 is 15.8 Å². The number of nitrogens with two attached hydrogens (primary N) is 1. The number of imidazole rings is 1. The van der Waals surface area contributed by atoms with Gasteiger partial charge in [-0.2, -0.15) is 13.2 Å². The van der Waals surface area contributed by atoms with E-state index in [0.29, 0.717) is 12.0 Å². The van der Waals surface area contributed by atoms with Crippen LogP contribution in [0.5, 0.6) is 5.75 Å². The zero-order valence-electron chi connectivity index (χ0n) is 18.9. The number of hydrogen-bond donors (Lipinski definition) is 2. The molecule has 2 aromatic heterocycles. The van der Waals surface area contributed by atoms with Crippen molar-refractivity contribution < 1.29 is 31.5 Å². The summed E-state index contributed by atoms with van der Waals surface area (Å²) in [5, 5.41) is 2.46. The van der Waals surface area contributed by atoms with Gasteiger partial charge in [0.15, 0.2) is 17.1 Å². The van der Waals surface area contributed by atoms with Gasteiger partial charge in [0.25, 0.3) is 5.91 Å². The van der Waals surface area contributed by atoms with Gasteiger partial charge in [-0.25, -0.2) is 13.8 Å². The van der Waals surface area contributed by atoms with Crippen LogP contribution in [0.25, 0.3) is 5.65 Å². The van der Waals surface area contributed by atoms with Gasteiger partial charge in [0, 0.05) is 18.3 Å². The molecule has 3 rings (SSSR count). The predicted molar refractivity (Wildman–Crippen MR) is 115 cm³/mol. The van der Waals surface area contributed by atoms with Crippen molar-refractivity contribution in [2.45, 2.75) is 51.9 Å². The van der Waals surface area contributed by atoms with E-state index in [0.717, 1.165) is 23.0 Å². The number of amides is 1. The summed E-state index contributed by atoms with van der Waals surface area (Å²) in [6.45, 7) is 4.52. The molecule has 3 N–H and O–H groups in total. The number of pyridine rings is 1. The molecule has 0 radical (unpaired) electrons. The number of halogens is 5. The Bertz CT molecular complexity index is 1180. The Hall–Kier alpha value is -3.21. The number of nitrogens with one attached hydrogen (secondary N) is 1. The van der Waals surface area contributed by atoms with Crippen LogP contribution in [-0.4, -0.2) is 27.4 Å². The van der Waals surface area contributed by atoms with E-state index in [1.807, 2.05) is 6.92 Å². The van der Waals surface area contributed by atoms with E-state index in [-0.39, 0.29) is 23.5 Å². The summed E-state index contributed by atoms with van der Waals surface area (Å²) in [5.41, 5.74) is 2.87. The van der Waals surface area contributed by atoms with Gasteiger partial charge in [-0.05, 0) is 44.0 Å². The normalized spacial score (nSPS) is 13.7. The highest BCUT2D eigenvalue weighted by Crippen LogP contribution is 2.35. The monoisotopic (exact) mass is 484 g/mol. The van der Waals surface area contributed by atoms with E-state index in [9.17, 15) is 26.7 Å². The first kappa shape index (κ1) is 25.4. The Labute approximate surface area is 192 Å². The van der Waals surface area contributed by atoms with E-state index >= 15 is 0 Å². The Morgan fingerprint density at radius 3 is 2.47 bits per heavy atom. The van der Waals surface area contributed by atoms with E-state index in [2.05, 4.69) is 10.3 Å². The van der Waals surface area contributed by atoms with E-state index in [4.69, 9.17) is 10.5 Å². The number of ether oxygens (including phenoxy) is 1. The molecule has 0 fully saturated rings. The number of fused-ring (bicyclic) bond motifs is 1. The Morgan fingerprint density at radius 2 is 1.88 bits per heavy atom. The lowest BCUT2D eigenvalue weighted by Crippen LogP contribution is -2.48. The fourth-order valence-corrected chi connectivity index (χ4v) is 3.61. The Kier molecular flexibility index (Phi) is 7.15. The second-order valence-corrected chi connectivity index (χ2v) is 8.46. The smallest absolute Gasteiger partial charge is 0.435 e. The molecular formula is C23H25F5N4O2. The first-order valence-corrected chi connectivity index (χ1v) is 10.6. The van der Waals surface area contributed by atoms with Crippen LogP contribution in [0.15, 0.2) is 30.5 Å². The maximum Gasteiger partial charge on any atom is 0.435 e. The molecule has 6 nitrogen and oxygen atoms in total. The molecule has 0 aliphatic heterocycles. The van der Waals surface area contributed by atoms with Crippen molar-refractivity contribution >= 4 is 11.6 Å². The summed E-state index contributed by atoms with van der Waals surface area (Å²) in [6.07, 6.45) is -2.36. The topological polar surface area (TPSA) is 81.6 Å². The molecule has 1 unspecified atom stereocenters. The molecule has 0 spiro atoms. The minimum absolute atomic E-state index is 0.0497. The zero-order valence-corrected chi connectivity index (χ0v) is 18.9. The van der Waals surface area contributed by atoms with Crippen molar-refractivity contribution in [2.24, 2.45) is 5.73 Å². The Morgan fingerprint density at radius 1 is 1.24 bits per heavy atom. The average Bonchev–Trinajstić information content (AvgIpc) is 3.11. The number of carbonyl (C=O) groups excluding carboxylic acids is 1. The van der Waals surface area contributed by atoms with E-state index < -0.39 is 47.3 Å². The van der Waals surface area contributed by atoms with Gasteiger partial charge in [-0.3, -0.25) is 9.20 Å². The lowest BCUT2D eigenvalue weighted by Gasteiger charge is -2.24. The number of alkyl halides is 3. The van der Waals surface area contributed by atoms with Crippen molar-refractivity contribution in [3.8, 4) is 5.75 Å². The van der Waals surface area contributed by atoms with Crippen LogP contribution in [0.3, 0.4) is 0 Å². The fourth-order valence-electron chi connectivity index (χ4n) is 3.61. The minimum atomic E-state index is -4.95.